The van der Waals surface area contributed by atoms with Crippen molar-refractivity contribution in [3.8, 4) is 0 Å². The Hall–Kier alpha value is -1.63. The van der Waals surface area contributed by atoms with E-state index in [0.717, 1.165) is 5.56 Å². The van der Waals surface area contributed by atoms with Crippen LogP contribution in [0.2, 0.25) is 0 Å². The smallest absolute Gasteiger partial charge is 0.228 e. The minimum absolute atomic E-state index is 0.479. The Kier molecular flexibility index (Phi) is 3.71. The van der Waals surface area contributed by atoms with Gasteiger partial charge in [-0.05, 0) is 12.0 Å². The van der Waals surface area contributed by atoms with Gasteiger partial charge in [-0.3, -0.25) is 4.79 Å². The molecule has 0 aromatic heterocycles. The molecule has 13 heavy (non-hydrogen) atoms. The number of hydrogen-bond acceptors (Lipinski definition) is 1. The van der Waals surface area contributed by atoms with Gasteiger partial charge in [0.05, 0.1) is 0 Å². The van der Waals surface area contributed by atoms with E-state index in [1.54, 1.807) is 6.29 Å². The van der Waals surface area contributed by atoms with Crippen molar-refractivity contribution in [3.05, 3.63) is 54.1 Å². The van der Waals surface area contributed by atoms with E-state index in [2.05, 4.69) is 6.58 Å². The zero-order chi connectivity index (χ0) is 9.52. The highest BCUT2D eigenvalue weighted by atomic mass is 16.1. The second-order valence-electron chi connectivity index (χ2n) is 2.72. The van der Waals surface area contributed by atoms with E-state index in [1.807, 2.05) is 42.5 Å². The second-order valence-corrected chi connectivity index (χ2v) is 2.72. The van der Waals surface area contributed by atoms with Crippen molar-refractivity contribution in [1.82, 2.24) is 0 Å². The third-order valence-electron chi connectivity index (χ3n) is 1.62. The molecule has 0 unspecified atom stereocenters. The highest BCUT2D eigenvalue weighted by Gasteiger charge is 1.87. The molecule has 0 saturated heterocycles. The summed E-state index contributed by atoms with van der Waals surface area (Å²) in [7, 11) is 0. The summed E-state index contributed by atoms with van der Waals surface area (Å²) in [5, 5.41) is 0. The van der Waals surface area contributed by atoms with Gasteiger partial charge in [0.2, 0.25) is 6.29 Å². The molecule has 0 spiro atoms. The van der Waals surface area contributed by atoms with Gasteiger partial charge in [-0.25, -0.2) is 0 Å². The van der Waals surface area contributed by atoms with Crippen LogP contribution in [0.4, 0.5) is 0 Å². The molecule has 1 nitrogen and oxygen atoms in total. The first kappa shape index (κ1) is 9.46. The molecule has 0 atom stereocenters. The third kappa shape index (κ3) is 3.52. The average Bonchev–Trinajstić information content (AvgIpc) is 2.19. The molecule has 1 rings (SSSR count). The van der Waals surface area contributed by atoms with Crippen molar-refractivity contribution >= 4 is 12.4 Å². The van der Waals surface area contributed by atoms with Crippen molar-refractivity contribution in [1.29, 1.82) is 0 Å². The molecule has 0 N–H and O–H groups in total. The molecule has 0 aliphatic carbocycles. The molecule has 0 heterocycles. The van der Waals surface area contributed by atoms with Crippen LogP contribution in [-0.2, 0) is 4.79 Å². The predicted molar refractivity (Wildman–Crippen MR) is 54.9 cm³/mol. The van der Waals surface area contributed by atoms with Gasteiger partial charge in [0.25, 0.3) is 0 Å². The molecular weight excluding hydrogens is 160 g/mol. The summed E-state index contributed by atoms with van der Waals surface area (Å²) < 4.78 is 0. The zero-order valence-corrected chi connectivity index (χ0v) is 7.36. The van der Waals surface area contributed by atoms with E-state index < -0.39 is 0 Å². The number of benzene rings is 1. The lowest BCUT2D eigenvalue weighted by Gasteiger charge is -1.90. The summed E-state index contributed by atoms with van der Waals surface area (Å²) in [6.45, 7) is 3.53. The Bertz CT molecular complexity index is 309. The highest BCUT2D eigenvalue weighted by Crippen LogP contribution is 2.03. The lowest BCUT2D eigenvalue weighted by Crippen LogP contribution is -1.77. The van der Waals surface area contributed by atoms with Gasteiger partial charge in [0.1, 0.15) is 0 Å². The van der Waals surface area contributed by atoms with Crippen LogP contribution in [0.5, 0.6) is 0 Å². The van der Waals surface area contributed by atoms with Crippen LogP contribution in [0.25, 0.3) is 6.08 Å². The lowest BCUT2D eigenvalue weighted by atomic mass is 10.1. The monoisotopic (exact) mass is 171 g/mol. The van der Waals surface area contributed by atoms with Crippen LogP contribution >= 0.6 is 0 Å². The van der Waals surface area contributed by atoms with Gasteiger partial charge in [0, 0.05) is 5.57 Å². The van der Waals surface area contributed by atoms with Crippen molar-refractivity contribution in [2.45, 2.75) is 6.42 Å². The molecule has 0 saturated carbocycles. The molecule has 0 aliphatic rings. The Morgan fingerprint density at radius 2 is 2.08 bits per heavy atom. The average molecular weight is 171 g/mol. The quantitative estimate of drug-likeness (QED) is 0.636. The van der Waals surface area contributed by atoms with Crippen LogP contribution < -0.4 is 0 Å². The Labute approximate surface area is 78.4 Å². The van der Waals surface area contributed by atoms with Crippen LogP contribution in [0.15, 0.2) is 48.6 Å². The molecule has 0 aliphatic heterocycles. The van der Waals surface area contributed by atoms with Crippen molar-refractivity contribution in [2.24, 2.45) is 0 Å². The fourth-order valence-corrected chi connectivity index (χ4v) is 0.943. The van der Waals surface area contributed by atoms with Gasteiger partial charge in [-0.1, -0.05) is 49.1 Å². The van der Waals surface area contributed by atoms with E-state index in [0.29, 0.717) is 12.0 Å². The normalized spacial score (nSPS) is 10.2. The van der Waals surface area contributed by atoms with Gasteiger partial charge in [-0.15, -0.1) is 0 Å². The van der Waals surface area contributed by atoms with E-state index in [9.17, 15) is 4.79 Å². The Morgan fingerprint density at radius 1 is 1.38 bits per heavy atom. The summed E-state index contributed by atoms with van der Waals surface area (Å²) >= 11 is 0. The molecular formula is C12H11O. The van der Waals surface area contributed by atoms with Gasteiger partial charge < -0.3 is 0 Å². The van der Waals surface area contributed by atoms with Crippen LogP contribution in [0.3, 0.4) is 0 Å². The summed E-state index contributed by atoms with van der Waals surface area (Å²) in [6, 6.07) is 9.92. The maximum atomic E-state index is 10.1. The molecule has 65 valence electrons. The molecule has 1 radical (unpaired) electrons. The molecule has 0 bridgehead atoms. The second kappa shape index (κ2) is 5.09. The predicted octanol–water partition coefficient (Wildman–Crippen LogP) is 2.76. The van der Waals surface area contributed by atoms with Crippen LogP contribution in [0.1, 0.15) is 12.0 Å². The summed E-state index contributed by atoms with van der Waals surface area (Å²) in [4.78, 5) is 10.1. The first-order valence-corrected chi connectivity index (χ1v) is 4.10. The number of carbonyl (C=O) groups excluding carboxylic acids is 1. The van der Waals surface area contributed by atoms with E-state index in [1.165, 1.54) is 0 Å². The maximum absolute atomic E-state index is 10.1. The standard InChI is InChI=1S/C12H11O/c1-11(10-13)6-5-9-12-7-3-2-4-8-12/h2-5,7-9H,1,6H2. The highest BCUT2D eigenvalue weighted by molar-refractivity contribution is 5.73. The lowest BCUT2D eigenvalue weighted by molar-refractivity contribution is 0.561. The van der Waals surface area contributed by atoms with E-state index in [4.69, 9.17) is 0 Å². The van der Waals surface area contributed by atoms with Crippen molar-refractivity contribution in [3.63, 3.8) is 0 Å². The van der Waals surface area contributed by atoms with Gasteiger partial charge in [0.15, 0.2) is 0 Å². The van der Waals surface area contributed by atoms with E-state index in [-0.39, 0.29) is 0 Å². The zero-order valence-electron chi connectivity index (χ0n) is 7.36. The first-order chi connectivity index (χ1) is 6.33. The molecule has 0 amide bonds. The van der Waals surface area contributed by atoms with Crippen LogP contribution in [-0.4, -0.2) is 6.29 Å². The van der Waals surface area contributed by atoms with E-state index >= 15 is 0 Å². The van der Waals surface area contributed by atoms with Gasteiger partial charge >= 0.3 is 0 Å². The maximum Gasteiger partial charge on any atom is 0.228 e. The largest absolute Gasteiger partial charge is 0.285 e. The first-order valence-electron chi connectivity index (χ1n) is 4.10. The van der Waals surface area contributed by atoms with Crippen molar-refractivity contribution in [2.75, 3.05) is 0 Å². The number of hydrogen-bond donors (Lipinski definition) is 0. The Balaban J connectivity index is 2.50. The van der Waals surface area contributed by atoms with Crippen molar-refractivity contribution < 1.29 is 4.79 Å². The minimum Gasteiger partial charge on any atom is -0.285 e. The third-order valence-corrected chi connectivity index (χ3v) is 1.62. The molecule has 1 aromatic carbocycles. The van der Waals surface area contributed by atoms with Gasteiger partial charge in [-0.2, -0.15) is 0 Å². The topological polar surface area (TPSA) is 17.1 Å². The molecule has 0 fully saturated rings. The van der Waals surface area contributed by atoms with Crippen LogP contribution in [0, 0.1) is 0 Å². The summed E-state index contributed by atoms with van der Waals surface area (Å²) in [6.07, 6.45) is 6.19. The Morgan fingerprint density at radius 3 is 2.69 bits per heavy atom. The number of allylic oxidation sites excluding steroid dienone is 2. The minimum atomic E-state index is 0.479. The number of rotatable bonds is 4. The fraction of sp³-hybridized carbons (Fsp3) is 0.0833. The SMILES string of the molecule is C=C([C]=O)CC=Cc1ccccc1. The summed E-state index contributed by atoms with van der Waals surface area (Å²) in [5.74, 6) is 0. The molecule has 1 aromatic rings. The molecule has 1 heteroatoms. The fourth-order valence-electron chi connectivity index (χ4n) is 0.943. The summed E-state index contributed by atoms with van der Waals surface area (Å²) in [5.41, 5.74) is 1.60.